The zero-order valence-corrected chi connectivity index (χ0v) is 13.3. The molecule has 0 bridgehead atoms. The molecule has 0 fully saturated rings. The second-order valence-corrected chi connectivity index (χ2v) is 6.18. The maximum absolute atomic E-state index is 13.1. The van der Waals surface area contributed by atoms with Crippen molar-refractivity contribution in [3.8, 4) is 11.3 Å². The Balaban J connectivity index is 1.69. The van der Waals surface area contributed by atoms with Crippen LogP contribution >= 0.6 is 11.8 Å². The van der Waals surface area contributed by atoms with Crippen molar-refractivity contribution >= 4 is 11.8 Å². The molecule has 0 aliphatic heterocycles. The minimum Gasteiger partial charge on any atom is -0.207 e. The van der Waals surface area contributed by atoms with Crippen molar-refractivity contribution in [3.63, 3.8) is 0 Å². The number of aromatic nitrogens is 2. The van der Waals surface area contributed by atoms with Gasteiger partial charge < -0.3 is 0 Å². The molecule has 5 heteroatoms. The van der Waals surface area contributed by atoms with Gasteiger partial charge in [-0.2, -0.15) is 0 Å². The second-order valence-electron chi connectivity index (χ2n) is 5.19. The van der Waals surface area contributed by atoms with Crippen LogP contribution in [0.15, 0.2) is 59.6 Å². The molecule has 3 rings (SSSR count). The van der Waals surface area contributed by atoms with Crippen LogP contribution in [-0.2, 0) is 5.75 Å². The maximum atomic E-state index is 13.1. The van der Waals surface area contributed by atoms with E-state index >= 15 is 0 Å². The third kappa shape index (κ3) is 4.13. The van der Waals surface area contributed by atoms with E-state index in [-0.39, 0.29) is 0 Å². The Labute approximate surface area is 137 Å². The van der Waals surface area contributed by atoms with Crippen molar-refractivity contribution in [1.29, 1.82) is 0 Å². The molecule has 1 aromatic heterocycles. The predicted molar refractivity (Wildman–Crippen MR) is 88.1 cm³/mol. The van der Waals surface area contributed by atoms with Crippen LogP contribution in [-0.4, -0.2) is 10.2 Å². The SMILES string of the molecule is Cc1ccc(-c2ccc(SCc3cc(F)cc(F)c3)nn2)cc1. The van der Waals surface area contributed by atoms with Gasteiger partial charge in [0.15, 0.2) is 0 Å². The van der Waals surface area contributed by atoms with E-state index in [0.29, 0.717) is 16.3 Å². The van der Waals surface area contributed by atoms with E-state index < -0.39 is 11.6 Å². The van der Waals surface area contributed by atoms with Crippen LogP contribution in [0.3, 0.4) is 0 Å². The third-order valence-corrected chi connectivity index (χ3v) is 4.29. The highest BCUT2D eigenvalue weighted by Crippen LogP contribution is 2.23. The van der Waals surface area contributed by atoms with Crippen molar-refractivity contribution in [2.24, 2.45) is 0 Å². The van der Waals surface area contributed by atoms with Crippen LogP contribution < -0.4 is 0 Å². The summed E-state index contributed by atoms with van der Waals surface area (Å²) in [5, 5.41) is 9.08. The molecular weight excluding hydrogens is 314 g/mol. The molecule has 2 nitrogen and oxygen atoms in total. The van der Waals surface area contributed by atoms with Gasteiger partial charge in [0.1, 0.15) is 16.7 Å². The number of nitrogens with zero attached hydrogens (tertiary/aromatic N) is 2. The summed E-state index contributed by atoms with van der Waals surface area (Å²) in [5.74, 6) is -0.699. The van der Waals surface area contributed by atoms with Crippen molar-refractivity contribution in [3.05, 3.63) is 77.4 Å². The quantitative estimate of drug-likeness (QED) is 0.629. The van der Waals surface area contributed by atoms with E-state index in [1.54, 1.807) is 0 Å². The molecule has 23 heavy (non-hydrogen) atoms. The summed E-state index contributed by atoms with van der Waals surface area (Å²) in [6.07, 6.45) is 0. The molecule has 0 atom stereocenters. The Bertz CT molecular complexity index is 782. The van der Waals surface area contributed by atoms with Gasteiger partial charge in [-0.1, -0.05) is 41.6 Å². The lowest BCUT2D eigenvalue weighted by atomic mass is 10.1. The molecule has 0 saturated carbocycles. The first-order valence-electron chi connectivity index (χ1n) is 7.09. The lowest BCUT2D eigenvalue weighted by Gasteiger charge is -2.04. The molecule has 0 aliphatic rings. The molecule has 0 aliphatic carbocycles. The summed E-state index contributed by atoms with van der Waals surface area (Å²) in [6.45, 7) is 2.03. The normalized spacial score (nSPS) is 10.7. The molecule has 0 unspecified atom stereocenters. The first-order valence-corrected chi connectivity index (χ1v) is 8.07. The number of aryl methyl sites for hydroxylation is 1. The fourth-order valence-electron chi connectivity index (χ4n) is 2.13. The molecule has 0 N–H and O–H groups in total. The van der Waals surface area contributed by atoms with Gasteiger partial charge in [-0.3, -0.25) is 0 Å². The molecule has 1 heterocycles. The van der Waals surface area contributed by atoms with Crippen LogP contribution in [0.4, 0.5) is 8.78 Å². The fourth-order valence-corrected chi connectivity index (χ4v) is 2.87. The monoisotopic (exact) mass is 328 g/mol. The Morgan fingerprint density at radius 3 is 2.17 bits per heavy atom. The van der Waals surface area contributed by atoms with Gasteiger partial charge in [0.25, 0.3) is 0 Å². The lowest BCUT2D eigenvalue weighted by molar-refractivity contribution is 0.581. The van der Waals surface area contributed by atoms with Gasteiger partial charge in [0.05, 0.1) is 5.69 Å². The average Bonchev–Trinajstić information content (AvgIpc) is 2.53. The largest absolute Gasteiger partial charge is 0.207 e. The molecule has 116 valence electrons. The van der Waals surface area contributed by atoms with Gasteiger partial charge in [-0.25, -0.2) is 8.78 Å². The van der Waals surface area contributed by atoms with Crippen molar-refractivity contribution < 1.29 is 8.78 Å². The first-order chi connectivity index (χ1) is 11.1. The Hall–Kier alpha value is -2.27. The number of thioether (sulfide) groups is 1. The van der Waals surface area contributed by atoms with E-state index in [0.717, 1.165) is 17.3 Å². The van der Waals surface area contributed by atoms with Gasteiger partial charge in [0, 0.05) is 17.4 Å². The zero-order valence-electron chi connectivity index (χ0n) is 12.5. The van der Waals surface area contributed by atoms with Crippen LogP contribution in [0.25, 0.3) is 11.3 Å². The van der Waals surface area contributed by atoms with E-state index in [4.69, 9.17) is 0 Å². The summed E-state index contributed by atoms with van der Waals surface area (Å²) in [6, 6.07) is 15.3. The fraction of sp³-hybridized carbons (Fsp3) is 0.111. The molecule has 0 radical (unpaired) electrons. The lowest BCUT2D eigenvalue weighted by Crippen LogP contribution is -1.91. The molecule has 0 amide bonds. The van der Waals surface area contributed by atoms with Gasteiger partial charge in [-0.15, -0.1) is 10.2 Å². The predicted octanol–water partition coefficient (Wildman–Crippen LogP) is 5.02. The van der Waals surface area contributed by atoms with Crippen LogP contribution in [0.1, 0.15) is 11.1 Å². The highest BCUT2D eigenvalue weighted by Gasteiger charge is 2.04. The smallest absolute Gasteiger partial charge is 0.126 e. The summed E-state index contributed by atoms with van der Waals surface area (Å²) in [7, 11) is 0. The van der Waals surface area contributed by atoms with E-state index in [9.17, 15) is 8.78 Å². The highest BCUT2D eigenvalue weighted by molar-refractivity contribution is 7.98. The number of hydrogen-bond donors (Lipinski definition) is 0. The van der Waals surface area contributed by atoms with Crippen molar-refractivity contribution in [2.45, 2.75) is 17.7 Å². The average molecular weight is 328 g/mol. The number of halogens is 2. The minimum absolute atomic E-state index is 0.438. The van der Waals surface area contributed by atoms with Gasteiger partial charge >= 0.3 is 0 Å². The van der Waals surface area contributed by atoms with Crippen molar-refractivity contribution in [1.82, 2.24) is 10.2 Å². The first kappa shape index (κ1) is 15.6. The molecule has 0 spiro atoms. The molecular formula is C18H14F2N2S. The van der Waals surface area contributed by atoms with Crippen LogP contribution in [0, 0.1) is 18.6 Å². The Morgan fingerprint density at radius 2 is 1.57 bits per heavy atom. The summed E-state index contributed by atoms with van der Waals surface area (Å²) in [5.41, 5.74) is 3.58. The maximum Gasteiger partial charge on any atom is 0.126 e. The van der Waals surface area contributed by atoms with Crippen molar-refractivity contribution in [2.75, 3.05) is 0 Å². The summed E-state index contributed by atoms with van der Waals surface area (Å²) in [4.78, 5) is 0. The summed E-state index contributed by atoms with van der Waals surface area (Å²) < 4.78 is 26.3. The van der Waals surface area contributed by atoms with Gasteiger partial charge in [0.2, 0.25) is 0 Å². The molecule has 0 saturated heterocycles. The van der Waals surface area contributed by atoms with E-state index in [2.05, 4.69) is 10.2 Å². The molecule has 2 aromatic carbocycles. The van der Waals surface area contributed by atoms with E-state index in [1.165, 1.54) is 29.5 Å². The standard InChI is InChI=1S/C18H14F2N2S/c1-12-2-4-14(5-3-12)17-6-7-18(22-21-17)23-11-13-8-15(19)10-16(20)9-13/h2-10H,11H2,1H3. The highest BCUT2D eigenvalue weighted by atomic mass is 32.2. The number of rotatable bonds is 4. The second kappa shape index (κ2) is 6.87. The number of benzene rings is 2. The van der Waals surface area contributed by atoms with Crippen LogP contribution in [0.5, 0.6) is 0 Å². The van der Waals surface area contributed by atoms with Gasteiger partial charge in [-0.05, 0) is 36.8 Å². The summed E-state index contributed by atoms with van der Waals surface area (Å²) >= 11 is 1.39. The Morgan fingerprint density at radius 1 is 0.870 bits per heavy atom. The third-order valence-electron chi connectivity index (χ3n) is 3.30. The zero-order chi connectivity index (χ0) is 16.2. The topological polar surface area (TPSA) is 25.8 Å². The Kier molecular flexibility index (Phi) is 4.67. The van der Waals surface area contributed by atoms with E-state index in [1.807, 2.05) is 43.3 Å². The number of hydrogen-bond acceptors (Lipinski definition) is 3. The van der Waals surface area contributed by atoms with Crippen LogP contribution in [0.2, 0.25) is 0 Å². The molecule has 3 aromatic rings. The minimum atomic E-state index is -0.568.